The van der Waals surface area contributed by atoms with Gasteiger partial charge in [0.05, 0.1) is 12.8 Å². The monoisotopic (exact) mass is 301 g/mol. The molecule has 4 heteroatoms. The van der Waals surface area contributed by atoms with Crippen molar-refractivity contribution in [2.45, 2.75) is 0 Å². The van der Waals surface area contributed by atoms with Crippen LogP contribution < -0.4 is 4.74 Å². The average Bonchev–Trinajstić information content (AvgIpc) is 2.53. The van der Waals surface area contributed by atoms with Crippen molar-refractivity contribution >= 4 is 23.2 Å². The molecule has 0 aliphatic heterocycles. The molecule has 0 aliphatic carbocycles. The molecule has 0 fully saturated rings. The van der Waals surface area contributed by atoms with Gasteiger partial charge in [-0.25, -0.2) is 4.99 Å². The van der Waals surface area contributed by atoms with Gasteiger partial charge in [0, 0.05) is 10.6 Å². The molecule has 108 valence electrons. The molecule has 0 heterocycles. The Balaban J connectivity index is 2.31. The summed E-state index contributed by atoms with van der Waals surface area (Å²) in [5, 5.41) is 0.673. The molecule has 0 N–H and O–H groups in total. The number of hydrogen-bond acceptors (Lipinski definition) is 3. The van der Waals surface area contributed by atoms with Gasteiger partial charge in [-0.1, -0.05) is 24.3 Å². The molecule has 0 amide bonds. The number of benzene rings is 2. The van der Waals surface area contributed by atoms with Crippen LogP contribution in [0, 0.1) is 0 Å². The number of hydrogen-bond donors (Lipinski definition) is 0. The molecule has 2 rings (SSSR count). The lowest BCUT2D eigenvalue weighted by atomic mass is 10.2. The molecule has 0 aliphatic rings. The summed E-state index contributed by atoms with van der Waals surface area (Å²) in [4.78, 5) is 4.51. The number of rotatable bonds is 5. The van der Waals surface area contributed by atoms with Crippen molar-refractivity contribution in [2.75, 3.05) is 13.7 Å². The van der Waals surface area contributed by atoms with Crippen molar-refractivity contribution in [2.24, 2.45) is 4.99 Å². The van der Waals surface area contributed by atoms with E-state index >= 15 is 0 Å². The van der Waals surface area contributed by atoms with Crippen LogP contribution in [0.1, 0.15) is 5.56 Å². The lowest BCUT2D eigenvalue weighted by molar-refractivity contribution is 0.352. The first-order valence-corrected chi connectivity index (χ1v) is 6.83. The zero-order chi connectivity index (χ0) is 15.1. The first-order chi connectivity index (χ1) is 10.2. The fourth-order valence-corrected chi connectivity index (χ4v) is 1.81. The van der Waals surface area contributed by atoms with Gasteiger partial charge in [-0.2, -0.15) is 0 Å². The fourth-order valence-electron chi connectivity index (χ4n) is 1.68. The highest BCUT2D eigenvalue weighted by molar-refractivity contribution is 6.30. The van der Waals surface area contributed by atoms with Crippen LogP contribution in [0.25, 0.3) is 0 Å². The van der Waals surface area contributed by atoms with Crippen LogP contribution in [0.15, 0.2) is 66.2 Å². The molecule has 0 radical (unpaired) electrons. The number of nitrogens with zero attached hydrogens (tertiary/aromatic N) is 1. The Hall–Kier alpha value is -2.26. The standard InChI is InChI=1S/C17H16ClNO2/c1-3-12-21-17(13-4-10-16(20-2)11-5-13)19-15-8-6-14(18)7-9-15/h3-11H,1,12H2,2H3. The van der Waals surface area contributed by atoms with Crippen LogP contribution in [-0.4, -0.2) is 19.6 Å². The Morgan fingerprint density at radius 3 is 2.38 bits per heavy atom. The third-order valence-corrected chi connectivity index (χ3v) is 2.98. The lowest BCUT2D eigenvalue weighted by Crippen LogP contribution is -2.06. The number of ether oxygens (including phenoxy) is 2. The second-order valence-electron chi connectivity index (χ2n) is 4.22. The zero-order valence-corrected chi connectivity index (χ0v) is 12.5. The van der Waals surface area contributed by atoms with E-state index in [-0.39, 0.29) is 0 Å². The first-order valence-electron chi connectivity index (χ1n) is 6.45. The third-order valence-electron chi connectivity index (χ3n) is 2.73. The van der Waals surface area contributed by atoms with Crippen molar-refractivity contribution in [1.82, 2.24) is 0 Å². The molecule has 0 saturated carbocycles. The van der Waals surface area contributed by atoms with Gasteiger partial charge in [0.15, 0.2) is 0 Å². The normalized spacial score (nSPS) is 11.0. The van der Waals surface area contributed by atoms with Crippen LogP contribution in [0.4, 0.5) is 5.69 Å². The molecule has 3 nitrogen and oxygen atoms in total. The first kappa shape index (κ1) is 15.1. The van der Waals surface area contributed by atoms with Crippen LogP contribution in [0.5, 0.6) is 5.75 Å². The highest BCUT2D eigenvalue weighted by atomic mass is 35.5. The van der Waals surface area contributed by atoms with E-state index < -0.39 is 0 Å². The van der Waals surface area contributed by atoms with Gasteiger partial charge in [0.1, 0.15) is 12.4 Å². The Morgan fingerprint density at radius 2 is 1.81 bits per heavy atom. The van der Waals surface area contributed by atoms with Gasteiger partial charge in [0.2, 0.25) is 5.90 Å². The zero-order valence-electron chi connectivity index (χ0n) is 11.8. The van der Waals surface area contributed by atoms with E-state index in [1.807, 2.05) is 36.4 Å². The predicted octanol–water partition coefficient (Wildman–Crippen LogP) is 4.63. The van der Waals surface area contributed by atoms with E-state index in [0.717, 1.165) is 17.0 Å². The van der Waals surface area contributed by atoms with E-state index in [4.69, 9.17) is 21.1 Å². The maximum absolute atomic E-state index is 5.88. The van der Waals surface area contributed by atoms with Crippen LogP contribution in [0.3, 0.4) is 0 Å². The Labute approximate surface area is 129 Å². The van der Waals surface area contributed by atoms with Crippen LogP contribution in [-0.2, 0) is 4.74 Å². The highest BCUT2D eigenvalue weighted by Crippen LogP contribution is 2.19. The molecular formula is C17H16ClNO2. The van der Waals surface area contributed by atoms with Crippen molar-refractivity contribution in [3.8, 4) is 5.75 Å². The van der Waals surface area contributed by atoms with E-state index in [1.165, 1.54) is 0 Å². The van der Waals surface area contributed by atoms with Crippen molar-refractivity contribution in [3.05, 3.63) is 71.8 Å². The fraction of sp³-hybridized carbons (Fsp3) is 0.118. The summed E-state index contributed by atoms with van der Waals surface area (Å²) in [6.45, 7) is 4.04. The molecule has 2 aromatic carbocycles. The Bertz CT molecular complexity index is 618. The van der Waals surface area contributed by atoms with Crippen molar-refractivity contribution in [3.63, 3.8) is 0 Å². The van der Waals surface area contributed by atoms with Crippen molar-refractivity contribution in [1.29, 1.82) is 0 Å². The quantitative estimate of drug-likeness (QED) is 0.458. The molecule has 0 aromatic heterocycles. The largest absolute Gasteiger partial charge is 0.497 e. The molecule has 0 atom stereocenters. The summed E-state index contributed by atoms with van der Waals surface area (Å²) in [6.07, 6.45) is 1.68. The summed E-state index contributed by atoms with van der Waals surface area (Å²) in [7, 11) is 1.63. The van der Waals surface area contributed by atoms with Gasteiger partial charge in [0.25, 0.3) is 0 Å². The second kappa shape index (κ2) is 7.50. The number of aliphatic imine (C=N–C) groups is 1. The smallest absolute Gasteiger partial charge is 0.221 e. The van der Waals surface area contributed by atoms with E-state index in [2.05, 4.69) is 11.6 Å². The van der Waals surface area contributed by atoms with Crippen molar-refractivity contribution < 1.29 is 9.47 Å². The van der Waals surface area contributed by atoms with Gasteiger partial charge >= 0.3 is 0 Å². The molecule has 21 heavy (non-hydrogen) atoms. The summed E-state index contributed by atoms with van der Waals surface area (Å²) < 4.78 is 10.8. The minimum atomic E-state index is 0.387. The molecule has 0 saturated heterocycles. The summed E-state index contributed by atoms with van der Waals surface area (Å²) in [6, 6.07) is 14.8. The molecule has 0 unspecified atom stereocenters. The molecule has 0 bridgehead atoms. The summed E-state index contributed by atoms with van der Waals surface area (Å²) in [5.41, 5.74) is 1.64. The summed E-state index contributed by atoms with van der Waals surface area (Å²) in [5.74, 6) is 1.31. The van der Waals surface area contributed by atoms with E-state index in [0.29, 0.717) is 17.5 Å². The summed E-state index contributed by atoms with van der Waals surface area (Å²) >= 11 is 5.88. The minimum absolute atomic E-state index is 0.387. The number of methoxy groups -OCH3 is 1. The maximum atomic E-state index is 5.88. The average molecular weight is 302 g/mol. The minimum Gasteiger partial charge on any atom is -0.497 e. The predicted molar refractivity (Wildman–Crippen MR) is 86.8 cm³/mol. The highest BCUT2D eigenvalue weighted by Gasteiger charge is 2.05. The van der Waals surface area contributed by atoms with Gasteiger partial charge in [-0.3, -0.25) is 0 Å². The van der Waals surface area contributed by atoms with Crippen LogP contribution in [0.2, 0.25) is 5.02 Å². The van der Waals surface area contributed by atoms with E-state index in [9.17, 15) is 0 Å². The second-order valence-corrected chi connectivity index (χ2v) is 4.66. The molecule has 0 spiro atoms. The topological polar surface area (TPSA) is 30.8 Å². The third kappa shape index (κ3) is 4.36. The number of halogens is 1. The SMILES string of the molecule is C=CCOC(=Nc1ccc(Cl)cc1)c1ccc(OC)cc1. The Kier molecular flexibility index (Phi) is 5.41. The molecular weight excluding hydrogens is 286 g/mol. The van der Waals surface area contributed by atoms with E-state index in [1.54, 1.807) is 25.3 Å². The van der Waals surface area contributed by atoms with Gasteiger partial charge in [-0.05, 0) is 48.5 Å². The van der Waals surface area contributed by atoms with Gasteiger partial charge < -0.3 is 9.47 Å². The lowest BCUT2D eigenvalue weighted by Gasteiger charge is -2.09. The Morgan fingerprint density at radius 1 is 1.14 bits per heavy atom. The molecule has 2 aromatic rings. The van der Waals surface area contributed by atoms with Gasteiger partial charge in [-0.15, -0.1) is 0 Å². The maximum Gasteiger partial charge on any atom is 0.221 e. The van der Waals surface area contributed by atoms with Crippen LogP contribution >= 0.6 is 11.6 Å².